The van der Waals surface area contributed by atoms with Crippen LogP contribution in [0, 0.1) is 5.92 Å². The van der Waals surface area contributed by atoms with Crippen molar-refractivity contribution in [2.45, 2.75) is 26.8 Å². The topological polar surface area (TPSA) is 105 Å². The lowest BCUT2D eigenvalue weighted by Gasteiger charge is -2.28. The lowest BCUT2D eigenvalue weighted by molar-refractivity contribution is -0.116. The molecule has 2 N–H and O–H groups in total. The quantitative estimate of drug-likeness (QED) is 0.570. The molecule has 0 spiro atoms. The molecule has 2 rings (SSSR count). The molecule has 10 heteroatoms. The van der Waals surface area contributed by atoms with Gasteiger partial charge >= 0.3 is 0 Å². The van der Waals surface area contributed by atoms with Crippen molar-refractivity contribution in [3.8, 4) is 5.75 Å². The predicted molar refractivity (Wildman–Crippen MR) is 127 cm³/mol. The Labute approximate surface area is 193 Å². The lowest BCUT2D eigenvalue weighted by atomic mass is 10.1. The molecule has 0 unspecified atom stereocenters. The molecule has 8 nitrogen and oxygen atoms in total. The second kappa shape index (κ2) is 10.7. The summed E-state index contributed by atoms with van der Waals surface area (Å²) in [4.78, 5) is 25.6. The van der Waals surface area contributed by atoms with Gasteiger partial charge in [0.1, 0.15) is 11.8 Å². The van der Waals surface area contributed by atoms with Crippen LogP contribution in [0.2, 0.25) is 5.02 Å². The molecule has 0 aliphatic carbocycles. The smallest absolute Gasteiger partial charge is 0.253 e. The van der Waals surface area contributed by atoms with Crippen LogP contribution in [-0.2, 0) is 14.8 Å². The summed E-state index contributed by atoms with van der Waals surface area (Å²) in [7, 11) is -2.40. The Morgan fingerprint density at radius 2 is 1.78 bits per heavy atom. The minimum Gasteiger partial charge on any atom is -0.495 e. The average molecular weight is 482 g/mol. The number of amides is 2. The van der Waals surface area contributed by atoms with Crippen LogP contribution in [0.4, 0.5) is 11.4 Å². The number of halogens is 1. The van der Waals surface area contributed by atoms with Crippen LogP contribution in [0.1, 0.15) is 31.1 Å². The van der Waals surface area contributed by atoms with Gasteiger partial charge in [0, 0.05) is 6.54 Å². The summed E-state index contributed by atoms with van der Waals surface area (Å²) >= 11 is 6.15. The molecule has 1 atom stereocenters. The number of hydrogen-bond acceptors (Lipinski definition) is 5. The monoisotopic (exact) mass is 481 g/mol. The maximum absolute atomic E-state index is 13.0. The van der Waals surface area contributed by atoms with Crippen molar-refractivity contribution < 1.29 is 22.7 Å². The molecule has 0 radical (unpaired) electrons. The van der Waals surface area contributed by atoms with Gasteiger partial charge in [-0.2, -0.15) is 0 Å². The normalized spacial score (nSPS) is 12.2. The minimum atomic E-state index is -3.84. The maximum Gasteiger partial charge on any atom is 0.253 e. The van der Waals surface area contributed by atoms with E-state index in [1.807, 2.05) is 13.8 Å². The fraction of sp³-hybridized carbons (Fsp3) is 0.364. The SMILES string of the molecule is COc1ccc(N([C@H](C)C(=O)Nc2ccccc2C(=O)NCC(C)C)S(C)(=O)=O)cc1Cl. The fourth-order valence-electron chi connectivity index (χ4n) is 3.02. The Balaban J connectivity index is 2.32. The molecule has 2 amide bonds. The third-order valence-electron chi connectivity index (χ3n) is 4.58. The molecule has 0 fully saturated rings. The molecule has 0 saturated heterocycles. The Morgan fingerprint density at radius 1 is 1.12 bits per heavy atom. The van der Waals surface area contributed by atoms with Gasteiger partial charge in [-0.25, -0.2) is 8.42 Å². The number of ether oxygens (including phenoxy) is 1. The van der Waals surface area contributed by atoms with Crippen LogP contribution in [0.5, 0.6) is 5.75 Å². The van der Waals surface area contributed by atoms with Crippen molar-refractivity contribution in [3.05, 3.63) is 53.1 Å². The van der Waals surface area contributed by atoms with E-state index in [2.05, 4.69) is 10.6 Å². The molecular formula is C22H28ClN3O5S. The van der Waals surface area contributed by atoms with E-state index in [4.69, 9.17) is 16.3 Å². The first-order valence-electron chi connectivity index (χ1n) is 9.96. The van der Waals surface area contributed by atoms with Crippen LogP contribution < -0.4 is 19.7 Å². The number of nitrogens with one attached hydrogen (secondary N) is 2. The van der Waals surface area contributed by atoms with E-state index in [1.165, 1.54) is 32.2 Å². The third-order valence-corrected chi connectivity index (χ3v) is 6.12. The van der Waals surface area contributed by atoms with Gasteiger partial charge < -0.3 is 15.4 Å². The van der Waals surface area contributed by atoms with Gasteiger partial charge in [-0.05, 0) is 43.2 Å². The zero-order chi connectivity index (χ0) is 24.1. The van der Waals surface area contributed by atoms with Crippen molar-refractivity contribution in [1.29, 1.82) is 0 Å². The largest absolute Gasteiger partial charge is 0.495 e. The predicted octanol–water partition coefficient (Wildman–Crippen LogP) is 3.53. The number of anilines is 2. The molecular weight excluding hydrogens is 454 g/mol. The van der Waals surface area contributed by atoms with E-state index in [0.29, 0.717) is 12.3 Å². The summed E-state index contributed by atoms with van der Waals surface area (Å²) in [5.74, 6) is -0.293. The molecule has 0 saturated carbocycles. The number of benzene rings is 2. The highest BCUT2D eigenvalue weighted by Crippen LogP contribution is 2.31. The van der Waals surface area contributed by atoms with Crippen LogP contribution in [-0.4, -0.2) is 46.2 Å². The lowest BCUT2D eigenvalue weighted by Crippen LogP contribution is -2.45. The van der Waals surface area contributed by atoms with E-state index in [-0.39, 0.29) is 33.8 Å². The van der Waals surface area contributed by atoms with E-state index in [9.17, 15) is 18.0 Å². The molecule has 0 heterocycles. The minimum absolute atomic E-state index is 0.207. The van der Waals surface area contributed by atoms with Crippen LogP contribution >= 0.6 is 11.6 Å². The first-order chi connectivity index (χ1) is 15.0. The summed E-state index contributed by atoms with van der Waals surface area (Å²) < 4.78 is 31.1. The van der Waals surface area contributed by atoms with Crippen LogP contribution in [0.3, 0.4) is 0 Å². The van der Waals surface area contributed by atoms with E-state index < -0.39 is 22.0 Å². The molecule has 2 aromatic carbocycles. The number of para-hydroxylation sites is 1. The van der Waals surface area contributed by atoms with E-state index in [1.54, 1.807) is 24.3 Å². The molecule has 0 aliphatic rings. The zero-order valence-electron chi connectivity index (χ0n) is 18.7. The number of sulfonamides is 1. The first-order valence-corrected chi connectivity index (χ1v) is 12.2. The Morgan fingerprint density at radius 3 is 2.34 bits per heavy atom. The van der Waals surface area contributed by atoms with Gasteiger partial charge in [0.25, 0.3) is 5.91 Å². The Bertz CT molecular complexity index is 1090. The van der Waals surface area contributed by atoms with Gasteiger partial charge in [0.2, 0.25) is 15.9 Å². The van der Waals surface area contributed by atoms with E-state index >= 15 is 0 Å². The number of carbonyl (C=O) groups excluding carboxylic acids is 2. The standard InChI is InChI=1S/C22H28ClN3O5S/c1-14(2)13-24-22(28)17-8-6-7-9-19(17)25-21(27)15(3)26(32(5,29)30)16-10-11-20(31-4)18(23)12-16/h6-12,14-15H,13H2,1-5H3,(H,24,28)(H,25,27)/t15-/m1/s1. The summed E-state index contributed by atoms with van der Waals surface area (Å²) in [6, 6.07) is 9.86. The van der Waals surface area contributed by atoms with Gasteiger partial charge in [0.05, 0.1) is 35.3 Å². The van der Waals surface area contributed by atoms with E-state index in [0.717, 1.165) is 10.6 Å². The van der Waals surface area contributed by atoms with Crippen LogP contribution in [0.15, 0.2) is 42.5 Å². The highest BCUT2D eigenvalue weighted by Gasteiger charge is 2.30. The third kappa shape index (κ3) is 6.37. The number of hydrogen-bond donors (Lipinski definition) is 2. The number of carbonyl (C=O) groups is 2. The molecule has 0 aromatic heterocycles. The Hall–Kier alpha value is -2.78. The summed E-state index contributed by atoms with van der Waals surface area (Å²) in [6.07, 6.45) is 1.00. The second-order valence-corrected chi connectivity index (χ2v) is 9.96. The highest BCUT2D eigenvalue weighted by molar-refractivity contribution is 7.92. The van der Waals surface area contributed by atoms with Gasteiger partial charge in [-0.1, -0.05) is 37.6 Å². The molecule has 2 aromatic rings. The van der Waals surface area contributed by atoms with Crippen molar-refractivity contribution in [3.63, 3.8) is 0 Å². The summed E-state index contributed by atoms with van der Waals surface area (Å²) in [5, 5.41) is 5.69. The van der Waals surface area contributed by atoms with Crippen molar-refractivity contribution in [1.82, 2.24) is 5.32 Å². The average Bonchev–Trinajstić information content (AvgIpc) is 2.71. The molecule has 0 bridgehead atoms. The highest BCUT2D eigenvalue weighted by atomic mass is 35.5. The molecule has 0 aliphatic heterocycles. The number of methoxy groups -OCH3 is 1. The molecule has 174 valence electrons. The van der Waals surface area contributed by atoms with Gasteiger partial charge in [-0.15, -0.1) is 0 Å². The van der Waals surface area contributed by atoms with Crippen molar-refractivity contribution in [2.75, 3.05) is 29.5 Å². The van der Waals surface area contributed by atoms with Gasteiger partial charge in [-0.3, -0.25) is 13.9 Å². The number of rotatable bonds is 9. The number of nitrogens with zero attached hydrogens (tertiary/aromatic N) is 1. The molecule has 32 heavy (non-hydrogen) atoms. The van der Waals surface area contributed by atoms with Crippen molar-refractivity contribution >= 4 is 44.8 Å². The summed E-state index contributed by atoms with van der Waals surface area (Å²) in [6.45, 7) is 5.88. The maximum atomic E-state index is 13.0. The van der Waals surface area contributed by atoms with Gasteiger partial charge in [0.15, 0.2) is 0 Å². The zero-order valence-corrected chi connectivity index (χ0v) is 20.3. The first kappa shape index (κ1) is 25.5. The van der Waals surface area contributed by atoms with Crippen LogP contribution in [0.25, 0.3) is 0 Å². The van der Waals surface area contributed by atoms with Crippen molar-refractivity contribution in [2.24, 2.45) is 5.92 Å². The fourth-order valence-corrected chi connectivity index (χ4v) is 4.44. The Kier molecular flexibility index (Phi) is 8.51. The second-order valence-electron chi connectivity index (χ2n) is 7.69. The summed E-state index contributed by atoms with van der Waals surface area (Å²) in [5.41, 5.74) is 0.780.